The summed E-state index contributed by atoms with van der Waals surface area (Å²) in [7, 11) is 0. The van der Waals surface area contributed by atoms with E-state index in [2.05, 4.69) is 15.6 Å². The third-order valence-electron chi connectivity index (χ3n) is 4.80. The first-order valence-electron chi connectivity index (χ1n) is 9.85. The van der Waals surface area contributed by atoms with E-state index < -0.39 is 17.1 Å². The molecule has 1 atom stereocenters. The van der Waals surface area contributed by atoms with Crippen LogP contribution in [0.1, 0.15) is 33.3 Å². The fraction of sp³-hybridized carbons (Fsp3) is 0.292. The van der Waals surface area contributed by atoms with Crippen LogP contribution in [0.2, 0.25) is 0 Å². The van der Waals surface area contributed by atoms with Crippen LogP contribution in [0.25, 0.3) is 10.8 Å². The molecule has 0 saturated heterocycles. The first-order valence-corrected chi connectivity index (χ1v) is 9.85. The van der Waals surface area contributed by atoms with E-state index in [-0.39, 0.29) is 12.5 Å². The summed E-state index contributed by atoms with van der Waals surface area (Å²) in [6, 6.07) is 16.9. The van der Waals surface area contributed by atoms with Crippen LogP contribution in [0.5, 0.6) is 0 Å². The molecule has 6 heteroatoms. The number of alkyl carbamates (subject to hydrolysis) is 1. The summed E-state index contributed by atoms with van der Waals surface area (Å²) in [6.07, 6.45) is 2.93. The van der Waals surface area contributed by atoms with Crippen molar-refractivity contribution in [3.8, 4) is 0 Å². The van der Waals surface area contributed by atoms with Crippen LogP contribution < -0.4 is 10.6 Å². The van der Waals surface area contributed by atoms with Crippen molar-refractivity contribution in [1.82, 2.24) is 10.3 Å². The second-order valence-electron chi connectivity index (χ2n) is 8.45. The zero-order chi connectivity index (χ0) is 21.8. The first kappa shape index (κ1) is 21.3. The van der Waals surface area contributed by atoms with E-state index in [0.29, 0.717) is 5.69 Å². The molecule has 0 aliphatic carbocycles. The van der Waals surface area contributed by atoms with Crippen LogP contribution in [-0.4, -0.2) is 29.1 Å². The Labute approximate surface area is 176 Å². The summed E-state index contributed by atoms with van der Waals surface area (Å²) in [4.78, 5) is 29.7. The molecule has 1 heterocycles. The van der Waals surface area contributed by atoms with Crippen LogP contribution >= 0.6 is 0 Å². The van der Waals surface area contributed by atoms with E-state index in [0.717, 1.165) is 16.3 Å². The summed E-state index contributed by atoms with van der Waals surface area (Å²) in [5, 5.41) is 7.71. The molecule has 156 valence electrons. The van der Waals surface area contributed by atoms with Gasteiger partial charge in [-0.1, -0.05) is 36.4 Å². The van der Waals surface area contributed by atoms with E-state index in [1.807, 2.05) is 54.6 Å². The Morgan fingerprint density at radius 2 is 1.70 bits per heavy atom. The average Bonchev–Trinajstić information content (AvgIpc) is 2.71. The highest BCUT2D eigenvalue weighted by atomic mass is 16.6. The van der Waals surface area contributed by atoms with Gasteiger partial charge >= 0.3 is 6.09 Å². The van der Waals surface area contributed by atoms with Gasteiger partial charge in [-0.2, -0.15) is 0 Å². The number of carbonyl (C=O) groups is 2. The predicted molar refractivity (Wildman–Crippen MR) is 118 cm³/mol. The van der Waals surface area contributed by atoms with Crippen molar-refractivity contribution in [3.05, 3.63) is 72.6 Å². The second-order valence-corrected chi connectivity index (χ2v) is 8.45. The maximum absolute atomic E-state index is 13.4. The average molecular weight is 405 g/mol. The third-order valence-corrected chi connectivity index (χ3v) is 4.80. The van der Waals surface area contributed by atoms with Gasteiger partial charge in [0.05, 0.1) is 5.41 Å². The fourth-order valence-electron chi connectivity index (χ4n) is 3.11. The highest BCUT2D eigenvalue weighted by molar-refractivity contribution is 6.00. The molecular formula is C24H27N3O3. The molecule has 0 aliphatic rings. The van der Waals surface area contributed by atoms with Gasteiger partial charge < -0.3 is 15.4 Å². The molecule has 6 nitrogen and oxygen atoms in total. The van der Waals surface area contributed by atoms with Crippen molar-refractivity contribution < 1.29 is 14.3 Å². The normalized spacial score (nSPS) is 13.3. The van der Waals surface area contributed by atoms with Gasteiger partial charge in [-0.15, -0.1) is 0 Å². The Hall–Kier alpha value is -3.41. The van der Waals surface area contributed by atoms with Crippen molar-refractivity contribution >= 4 is 28.5 Å². The molecule has 30 heavy (non-hydrogen) atoms. The smallest absolute Gasteiger partial charge is 0.407 e. The predicted octanol–water partition coefficient (Wildman–Crippen LogP) is 4.66. The zero-order valence-corrected chi connectivity index (χ0v) is 17.7. The number of pyridine rings is 1. The largest absolute Gasteiger partial charge is 0.444 e. The van der Waals surface area contributed by atoms with Gasteiger partial charge in [0.25, 0.3) is 0 Å². The van der Waals surface area contributed by atoms with Crippen LogP contribution in [0, 0.1) is 0 Å². The lowest BCUT2D eigenvalue weighted by atomic mass is 9.81. The highest BCUT2D eigenvalue weighted by Crippen LogP contribution is 2.26. The number of amides is 2. The van der Waals surface area contributed by atoms with Crippen molar-refractivity contribution in [1.29, 1.82) is 0 Å². The number of nitrogens with zero attached hydrogens (tertiary/aromatic N) is 1. The molecule has 3 aromatic rings. The molecule has 0 radical (unpaired) electrons. The molecule has 2 N–H and O–H groups in total. The van der Waals surface area contributed by atoms with E-state index in [9.17, 15) is 9.59 Å². The number of rotatable bonds is 5. The van der Waals surface area contributed by atoms with E-state index in [1.165, 1.54) is 0 Å². The third kappa shape index (κ3) is 5.14. The van der Waals surface area contributed by atoms with E-state index >= 15 is 0 Å². The number of fused-ring (bicyclic) bond motifs is 1. The maximum Gasteiger partial charge on any atom is 0.407 e. The van der Waals surface area contributed by atoms with Crippen molar-refractivity contribution in [3.63, 3.8) is 0 Å². The Bertz CT molecular complexity index is 1040. The molecule has 3 rings (SSSR count). The molecule has 0 aliphatic heterocycles. The number of hydrogen-bond acceptors (Lipinski definition) is 4. The summed E-state index contributed by atoms with van der Waals surface area (Å²) in [5.41, 5.74) is -0.137. The van der Waals surface area contributed by atoms with Crippen molar-refractivity contribution in [2.75, 3.05) is 11.9 Å². The molecular weight excluding hydrogens is 378 g/mol. The molecule has 0 bridgehead atoms. The summed E-state index contributed by atoms with van der Waals surface area (Å²) >= 11 is 0. The minimum Gasteiger partial charge on any atom is -0.444 e. The Morgan fingerprint density at radius 1 is 0.967 bits per heavy atom. The summed E-state index contributed by atoms with van der Waals surface area (Å²) in [6.45, 7) is 7.29. The lowest BCUT2D eigenvalue weighted by Gasteiger charge is -2.30. The minimum atomic E-state index is -0.995. The van der Waals surface area contributed by atoms with Crippen molar-refractivity contribution in [2.45, 2.75) is 38.7 Å². The van der Waals surface area contributed by atoms with Crippen molar-refractivity contribution in [2.24, 2.45) is 0 Å². The quantitative estimate of drug-likeness (QED) is 0.647. The lowest BCUT2D eigenvalue weighted by Crippen LogP contribution is -2.48. The maximum atomic E-state index is 13.4. The van der Waals surface area contributed by atoms with E-state index in [4.69, 9.17) is 4.74 Å². The van der Waals surface area contributed by atoms with Gasteiger partial charge in [-0.3, -0.25) is 9.78 Å². The number of hydrogen-bond donors (Lipinski definition) is 2. The number of aromatic nitrogens is 1. The Kier molecular flexibility index (Phi) is 6.06. The van der Waals surface area contributed by atoms with Crippen LogP contribution in [0.15, 0.2) is 67.0 Å². The number of benzene rings is 2. The number of carbonyl (C=O) groups excluding carboxylic acids is 2. The van der Waals surface area contributed by atoms with Gasteiger partial charge in [0.15, 0.2) is 0 Å². The summed E-state index contributed by atoms with van der Waals surface area (Å²) < 4.78 is 5.33. The van der Waals surface area contributed by atoms with Crippen LogP contribution in [0.3, 0.4) is 0 Å². The zero-order valence-electron chi connectivity index (χ0n) is 17.7. The SMILES string of the molecule is CC(C)(C)OC(=O)NCC(C)(C(=O)Nc1ccc2cnccc2c1)c1ccccc1. The van der Waals surface area contributed by atoms with Gasteiger partial charge in [-0.25, -0.2) is 4.79 Å². The standard InChI is InChI=1S/C24H27N3O3/c1-23(2,3)30-22(29)26-16-24(4,19-8-6-5-7-9-19)21(28)27-20-11-10-18-15-25-13-12-17(18)14-20/h5-15H,16H2,1-4H3,(H,26,29)(H,27,28). The molecule has 0 fully saturated rings. The highest BCUT2D eigenvalue weighted by Gasteiger charge is 2.36. The fourth-order valence-corrected chi connectivity index (χ4v) is 3.11. The lowest BCUT2D eigenvalue weighted by molar-refractivity contribution is -0.120. The molecule has 1 aromatic heterocycles. The number of ether oxygens (including phenoxy) is 1. The molecule has 2 aromatic carbocycles. The molecule has 0 saturated carbocycles. The van der Waals surface area contributed by atoms with Gasteiger partial charge in [-0.05, 0) is 56.8 Å². The number of nitrogens with one attached hydrogen (secondary N) is 2. The van der Waals surface area contributed by atoms with Crippen LogP contribution in [0.4, 0.5) is 10.5 Å². The topological polar surface area (TPSA) is 80.3 Å². The van der Waals surface area contributed by atoms with E-state index in [1.54, 1.807) is 40.1 Å². The second kappa shape index (κ2) is 8.53. The number of anilines is 1. The molecule has 2 amide bonds. The minimum absolute atomic E-state index is 0.0925. The Balaban J connectivity index is 1.83. The summed E-state index contributed by atoms with van der Waals surface area (Å²) in [5.74, 6) is -0.224. The monoisotopic (exact) mass is 405 g/mol. The Morgan fingerprint density at radius 3 is 2.40 bits per heavy atom. The van der Waals surface area contributed by atoms with Gasteiger partial charge in [0, 0.05) is 30.0 Å². The first-order chi connectivity index (χ1) is 14.2. The van der Waals surface area contributed by atoms with Crippen LogP contribution in [-0.2, 0) is 14.9 Å². The molecule has 1 unspecified atom stereocenters. The van der Waals surface area contributed by atoms with Gasteiger partial charge in [0.2, 0.25) is 5.91 Å². The molecule has 0 spiro atoms. The van der Waals surface area contributed by atoms with Gasteiger partial charge in [0.1, 0.15) is 5.60 Å².